The van der Waals surface area contributed by atoms with Crippen LogP contribution in [0.2, 0.25) is 0 Å². The minimum atomic E-state index is -0.277. The van der Waals surface area contributed by atoms with E-state index >= 15 is 0 Å². The van der Waals surface area contributed by atoms with Gasteiger partial charge in [-0.25, -0.2) is 0 Å². The van der Waals surface area contributed by atoms with Gasteiger partial charge < -0.3 is 13.9 Å². The van der Waals surface area contributed by atoms with Gasteiger partial charge in [0.05, 0.1) is 0 Å². The van der Waals surface area contributed by atoms with Crippen molar-refractivity contribution in [2.75, 3.05) is 0 Å². The van der Waals surface area contributed by atoms with Gasteiger partial charge in [0, 0.05) is 19.3 Å². The van der Waals surface area contributed by atoms with E-state index in [1.54, 1.807) is 6.92 Å². The van der Waals surface area contributed by atoms with Crippen molar-refractivity contribution in [2.45, 2.75) is 317 Å². The molecular formula is C55H102O5. The molecule has 0 aromatic carbocycles. The van der Waals surface area contributed by atoms with Gasteiger partial charge >= 0.3 is 11.9 Å². The summed E-state index contributed by atoms with van der Waals surface area (Å²) in [5.41, 5.74) is 0. The van der Waals surface area contributed by atoms with Crippen molar-refractivity contribution in [1.29, 1.82) is 0 Å². The Labute approximate surface area is 373 Å². The molecule has 0 radical (unpaired) electrons. The van der Waals surface area contributed by atoms with Crippen molar-refractivity contribution in [3.8, 4) is 11.5 Å². The van der Waals surface area contributed by atoms with Crippen LogP contribution in [0.3, 0.4) is 0 Å². The highest BCUT2D eigenvalue weighted by Gasteiger charge is 2.24. The molecule has 5 heteroatoms. The number of carbonyl (C=O) groups excluding carboxylic acids is 2. The van der Waals surface area contributed by atoms with E-state index in [9.17, 15) is 9.59 Å². The first-order valence-corrected chi connectivity index (χ1v) is 27.1. The second kappa shape index (κ2) is 43.9. The zero-order chi connectivity index (χ0) is 43.4. The van der Waals surface area contributed by atoms with Crippen LogP contribution in [0.4, 0.5) is 0 Å². The van der Waals surface area contributed by atoms with Crippen LogP contribution in [0.1, 0.15) is 315 Å². The molecule has 0 bridgehead atoms. The second-order valence-corrected chi connectivity index (χ2v) is 18.7. The molecule has 0 N–H and O–H groups in total. The highest BCUT2D eigenvalue weighted by atomic mass is 16.6. The van der Waals surface area contributed by atoms with Crippen LogP contribution >= 0.6 is 0 Å². The highest BCUT2D eigenvalue weighted by Crippen LogP contribution is 2.39. The summed E-state index contributed by atoms with van der Waals surface area (Å²) < 4.78 is 17.4. The minimum Gasteiger partial charge on any atom is -0.458 e. The van der Waals surface area contributed by atoms with Crippen LogP contribution < -0.4 is 9.47 Å². The predicted molar refractivity (Wildman–Crippen MR) is 259 cm³/mol. The lowest BCUT2D eigenvalue weighted by molar-refractivity contribution is -0.137. The molecule has 0 saturated heterocycles. The lowest BCUT2D eigenvalue weighted by atomic mass is 10.0. The second-order valence-electron chi connectivity index (χ2n) is 18.7. The van der Waals surface area contributed by atoms with Gasteiger partial charge in [0.15, 0.2) is 5.76 Å². The lowest BCUT2D eigenvalue weighted by Gasteiger charge is -2.08. The van der Waals surface area contributed by atoms with Gasteiger partial charge in [-0.2, -0.15) is 0 Å². The van der Waals surface area contributed by atoms with Crippen LogP contribution in [0.15, 0.2) is 4.42 Å². The van der Waals surface area contributed by atoms with Gasteiger partial charge in [-0.3, -0.25) is 9.59 Å². The van der Waals surface area contributed by atoms with Gasteiger partial charge in [0.1, 0.15) is 5.76 Å². The fourth-order valence-corrected chi connectivity index (χ4v) is 8.75. The average molecular weight is 843 g/mol. The molecule has 0 aliphatic heterocycles. The fourth-order valence-electron chi connectivity index (χ4n) is 8.75. The highest BCUT2D eigenvalue weighted by molar-refractivity contribution is 5.77. The molecule has 1 aromatic rings. The largest absolute Gasteiger partial charge is 0.458 e. The fraction of sp³-hybridized carbons (Fsp3) is 0.891. The number of unbranched alkanes of at least 4 members (excludes halogenated alkanes) is 40. The molecule has 0 saturated carbocycles. The first-order valence-electron chi connectivity index (χ1n) is 27.1. The summed E-state index contributed by atoms with van der Waals surface area (Å²) in [6.07, 6.45) is 57.7. The summed E-state index contributed by atoms with van der Waals surface area (Å²) in [4.78, 5) is 25.6. The van der Waals surface area contributed by atoms with Crippen LogP contribution in [0.25, 0.3) is 0 Å². The van der Waals surface area contributed by atoms with E-state index in [1.165, 1.54) is 244 Å². The van der Waals surface area contributed by atoms with Gasteiger partial charge in [-0.1, -0.05) is 278 Å². The summed E-state index contributed by atoms with van der Waals surface area (Å²) >= 11 is 0. The summed E-state index contributed by atoms with van der Waals surface area (Å²) in [6, 6.07) is 0. The molecule has 1 heterocycles. The molecule has 1 rings (SSSR count). The Morgan fingerprint density at radius 3 is 0.783 bits per heavy atom. The number of furan rings is 1. The third-order valence-corrected chi connectivity index (χ3v) is 12.8. The first kappa shape index (κ1) is 56.2. The molecule has 60 heavy (non-hydrogen) atoms. The Morgan fingerprint density at radius 2 is 0.550 bits per heavy atom. The maximum absolute atomic E-state index is 12.8. The van der Waals surface area contributed by atoms with E-state index in [0.29, 0.717) is 36.5 Å². The minimum absolute atomic E-state index is 0.273. The Morgan fingerprint density at radius 1 is 0.333 bits per heavy atom. The Hall–Kier alpha value is -1.78. The first-order chi connectivity index (χ1) is 29.5. The van der Waals surface area contributed by atoms with Crippen LogP contribution in [0.5, 0.6) is 11.5 Å². The van der Waals surface area contributed by atoms with Crippen molar-refractivity contribution < 1.29 is 23.5 Å². The molecule has 0 amide bonds. The zero-order valence-corrected chi connectivity index (χ0v) is 40.9. The summed E-state index contributed by atoms with van der Waals surface area (Å²) in [7, 11) is 0. The average Bonchev–Trinajstić information content (AvgIpc) is 3.54. The third-order valence-electron chi connectivity index (χ3n) is 12.8. The molecule has 5 nitrogen and oxygen atoms in total. The van der Waals surface area contributed by atoms with Crippen LogP contribution in [0, 0.1) is 6.92 Å². The molecule has 0 aliphatic carbocycles. The topological polar surface area (TPSA) is 65.7 Å². The lowest BCUT2D eigenvalue weighted by Crippen LogP contribution is -2.12. The maximum Gasteiger partial charge on any atom is 0.311 e. The normalized spacial score (nSPS) is 11.5. The van der Waals surface area contributed by atoms with E-state index in [2.05, 4.69) is 13.8 Å². The molecular weight excluding hydrogens is 741 g/mol. The Bertz CT molecular complexity index is 1080. The van der Waals surface area contributed by atoms with Crippen LogP contribution in [-0.2, 0) is 16.0 Å². The van der Waals surface area contributed by atoms with Crippen LogP contribution in [-0.4, -0.2) is 11.9 Å². The predicted octanol–water partition coefficient (Wildman–Crippen LogP) is 19.2. The summed E-state index contributed by atoms with van der Waals surface area (Å²) in [5, 5.41) is 0. The number of aryl methyl sites for hydroxylation is 2. The SMILES string of the molecule is CCCCCCCCCCCCCCCCCCCCCCCC(=O)Oc1c(C)oc(CC)c1OC(=O)CCCCCCCCCCCCCCCCCCCCCCC. The molecule has 1 aromatic heterocycles. The molecule has 0 spiro atoms. The maximum atomic E-state index is 12.8. The van der Waals surface area contributed by atoms with Crippen molar-refractivity contribution in [2.24, 2.45) is 0 Å². The van der Waals surface area contributed by atoms with E-state index in [0.717, 1.165) is 25.7 Å². The standard InChI is InChI=1S/C55H102O5/c1-5-8-10-12-14-16-18-20-22-24-26-28-30-32-34-36-38-40-42-44-46-48-52(56)59-54-50(4)58-51(7-3)55(54)60-53(57)49-47-45-43-41-39-37-35-33-31-29-27-25-23-21-19-17-15-13-11-9-6-2/h5-49H2,1-4H3. The number of carbonyl (C=O) groups is 2. The van der Waals surface area contributed by atoms with E-state index in [4.69, 9.17) is 13.9 Å². The van der Waals surface area contributed by atoms with Gasteiger partial charge in [-0.15, -0.1) is 0 Å². The quantitative estimate of drug-likeness (QED) is 0.0483. The van der Waals surface area contributed by atoms with Crippen molar-refractivity contribution in [3.05, 3.63) is 11.5 Å². The molecule has 0 unspecified atom stereocenters. The molecule has 0 aliphatic rings. The Kier molecular flexibility index (Phi) is 41.1. The number of ether oxygens (including phenoxy) is 2. The van der Waals surface area contributed by atoms with Gasteiger partial charge in [-0.05, 0) is 19.8 Å². The van der Waals surface area contributed by atoms with Crippen molar-refractivity contribution in [3.63, 3.8) is 0 Å². The molecule has 0 atom stereocenters. The molecule has 0 fully saturated rings. The summed E-state index contributed by atoms with van der Waals surface area (Å²) in [6.45, 7) is 8.32. The van der Waals surface area contributed by atoms with Gasteiger partial charge in [0.25, 0.3) is 0 Å². The monoisotopic (exact) mass is 843 g/mol. The number of rotatable bonds is 47. The molecule has 352 valence electrons. The van der Waals surface area contributed by atoms with E-state index < -0.39 is 0 Å². The van der Waals surface area contributed by atoms with Gasteiger partial charge in [0.2, 0.25) is 11.5 Å². The smallest absolute Gasteiger partial charge is 0.311 e. The zero-order valence-electron chi connectivity index (χ0n) is 40.9. The number of hydrogen-bond acceptors (Lipinski definition) is 5. The number of hydrogen-bond donors (Lipinski definition) is 0. The van der Waals surface area contributed by atoms with E-state index in [-0.39, 0.29) is 17.7 Å². The summed E-state index contributed by atoms with van der Waals surface area (Å²) in [5.74, 6) is 1.10. The Balaban J connectivity index is 2.01. The number of esters is 2. The third kappa shape index (κ3) is 34.8. The van der Waals surface area contributed by atoms with Crippen molar-refractivity contribution >= 4 is 11.9 Å². The van der Waals surface area contributed by atoms with Crippen molar-refractivity contribution in [1.82, 2.24) is 0 Å². The van der Waals surface area contributed by atoms with E-state index in [1.807, 2.05) is 6.92 Å².